The van der Waals surface area contributed by atoms with Gasteiger partial charge in [-0.3, -0.25) is 14.6 Å². The second-order valence-electron chi connectivity index (χ2n) is 5.62. The predicted octanol–water partition coefficient (Wildman–Crippen LogP) is 3.01. The van der Waals surface area contributed by atoms with E-state index in [0.717, 1.165) is 5.56 Å². The number of pyridine rings is 1. The molecule has 0 saturated heterocycles. The van der Waals surface area contributed by atoms with Crippen molar-refractivity contribution in [1.29, 1.82) is 0 Å². The maximum absolute atomic E-state index is 12.1. The zero-order valence-electron chi connectivity index (χ0n) is 14.2. The number of carbonyl (C=O) groups is 2. The average Bonchev–Trinajstić information content (AvgIpc) is 3.28. The Morgan fingerprint density at radius 1 is 1.27 bits per heavy atom. The van der Waals surface area contributed by atoms with Crippen LogP contribution in [0.25, 0.3) is 11.5 Å². The van der Waals surface area contributed by atoms with Crippen molar-refractivity contribution >= 4 is 28.3 Å². The first-order valence-corrected chi connectivity index (χ1v) is 8.96. The van der Waals surface area contributed by atoms with E-state index in [1.165, 1.54) is 18.3 Å². The van der Waals surface area contributed by atoms with Gasteiger partial charge in [0.25, 0.3) is 0 Å². The summed E-state index contributed by atoms with van der Waals surface area (Å²) in [4.78, 5) is 31.4. The average molecular weight is 370 g/mol. The van der Waals surface area contributed by atoms with E-state index in [2.05, 4.69) is 20.6 Å². The molecule has 8 heteroatoms. The second kappa shape index (κ2) is 8.39. The molecule has 2 amide bonds. The number of carbonyl (C=O) groups excluding carboxylic acids is 2. The first-order valence-electron chi connectivity index (χ1n) is 8.08. The zero-order valence-corrected chi connectivity index (χ0v) is 15.0. The third kappa shape index (κ3) is 5.00. The second-order valence-corrected chi connectivity index (χ2v) is 6.48. The SMILES string of the molecule is CC(=O)NCc1ccc(-c2csc(NC(=O)CCc3cccnc3)n2)o1. The highest BCUT2D eigenvalue weighted by Crippen LogP contribution is 2.26. The number of aromatic nitrogens is 2. The number of hydrogen-bond donors (Lipinski definition) is 2. The lowest BCUT2D eigenvalue weighted by molar-refractivity contribution is -0.119. The Kier molecular flexibility index (Phi) is 5.75. The van der Waals surface area contributed by atoms with Crippen LogP contribution in [0.15, 0.2) is 46.5 Å². The fourth-order valence-electron chi connectivity index (χ4n) is 2.25. The number of thiazole rings is 1. The third-order valence-corrected chi connectivity index (χ3v) is 4.30. The first kappa shape index (κ1) is 17.8. The molecule has 3 rings (SSSR count). The molecule has 0 aliphatic carbocycles. The van der Waals surface area contributed by atoms with Gasteiger partial charge < -0.3 is 15.1 Å². The van der Waals surface area contributed by atoms with Gasteiger partial charge in [-0.25, -0.2) is 4.98 Å². The van der Waals surface area contributed by atoms with E-state index in [0.29, 0.717) is 41.7 Å². The van der Waals surface area contributed by atoms with Gasteiger partial charge in [-0.05, 0) is 30.2 Å². The highest BCUT2D eigenvalue weighted by atomic mass is 32.1. The van der Waals surface area contributed by atoms with Crippen molar-refractivity contribution < 1.29 is 14.0 Å². The van der Waals surface area contributed by atoms with Gasteiger partial charge in [0.05, 0.1) is 6.54 Å². The largest absolute Gasteiger partial charge is 0.458 e. The Morgan fingerprint density at radius 3 is 2.92 bits per heavy atom. The van der Waals surface area contributed by atoms with Crippen LogP contribution in [0.3, 0.4) is 0 Å². The van der Waals surface area contributed by atoms with E-state index < -0.39 is 0 Å². The Labute approximate surface area is 154 Å². The number of aryl methyl sites for hydroxylation is 1. The monoisotopic (exact) mass is 370 g/mol. The molecule has 7 nitrogen and oxygen atoms in total. The van der Waals surface area contributed by atoms with Crippen molar-refractivity contribution in [2.24, 2.45) is 0 Å². The fourth-order valence-corrected chi connectivity index (χ4v) is 2.97. The lowest BCUT2D eigenvalue weighted by Crippen LogP contribution is -2.18. The Bertz CT molecular complexity index is 889. The summed E-state index contributed by atoms with van der Waals surface area (Å²) in [5, 5.41) is 7.81. The molecule has 26 heavy (non-hydrogen) atoms. The minimum Gasteiger partial charge on any atom is -0.458 e. The molecule has 0 atom stereocenters. The number of anilines is 1. The van der Waals surface area contributed by atoms with E-state index in [1.807, 2.05) is 17.5 Å². The Morgan fingerprint density at radius 2 is 2.15 bits per heavy atom. The summed E-state index contributed by atoms with van der Waals surface area (Å²) >= 11 is 1.34. The number of hydrogen-bond acceptors (Lipinski definition) is 6. The van der Waals surface area contributed by atoms with Gasteiger partial charge in [0, 0.05) is 31.1 Å². The van der Waals surface area contributed by atoms with Crippen molar-refractivity contribution in [2.75, 3.05) is 5.32 Å². The molecule has 0 spiro atoms. The quantitative estimate of drug-likeness (QED) is 0.666. The Balaban J connectivity index is 1.54. The molecule has 0 radical (unpaired) electrons. The van der Waals surface area contributed by atoms with Crippen LogP contribution in [0, 0.1) is 0 Å². The predicted molar refractivity (Wildman–Crippen MR) is 98.5 cm³/mol. The lowest BCUT2D eigenvalue weighted by atomic mass is 10.1. The number of rotatable bonds is 7. The fraction of sp³-hybridized carbons (Fsp3) is 0.222. The van der Waals surface area contributed by atoms with Gasteiger partial charge in [-0.2, -0.15) is 0 Å². The smallest absolute Gasteiger partial charge is 0.226 e. The highest BCUT2D eigenvalue weighted by molar-refractivity contribution is 7.14. The van der Waals surface area contributed by atoms with E-state index in [-0.39, 0.29) is 11.8 Å². The molecule has 3 aromatic rings. The summed E-state index contributed by atoms with van der Waals surface area (Å²) in [6, 6.07) is 7.37. The van der Waals surface area contributed by atoms with Crippen molar-refractivity contribution in [3.8, 4) is 11.5 Å². The topological polar surface area (TPSA) is 97.1 Å². The summed E-state index contributed by atoms with van der Waals surface area (Å²) in [6.07, 6.45) is 4.45. The highest BCUT2D eigenvalue weighted by Gasteiger charge is 2.11. The number of furan rings is 1. The summed E-state index contributed by atoms with van der Waals surface area (Å²) in [7, 11) is 0. The van der Waals surface area contributed by atoms with E-state index in [4.69, 9.17) is 4.42 Å². The van der Waals surface area contributed by atoms with Gasteiger partial charge in [0.15, 0.2) is 10.9 Å². The molecule has 2 N–H and O–H groups in total. The van der Waals surface area contributed by atoms with Crippen molar-refractivity contribution in [3.63, 3.8) is 0 Å². The molecule has 0 saturated carbocycles. The standard InChI is InChI=1S/C18H18N4O3S/c1-12(23)20-10-14-5-6-16(25-14)15-11-26-18(21-15)22-17(24)7-4-13-3-2-8-19-9-13/h2-3,5-6,8-9,11H,4,7,10H2,1H3,(H,20,23)(H,21,22,24). The zero-order chi connectivity index (χ0) is 18.4. The molecule has 0 aromatic carbocycles. The van der Waals surface area contributed by atoms with Crippen LogP contribution >= 0.6 is 11.3 Å². The van der Waals surface area contributed by atoms with Crippen LogP contribution in [0.1, 0.15) is 24.7 Å². The lowest BCUT2D eigenvalue weighted by Gasteiger charge is -2.01. The van der Waals surface area contributed by atoms with E-state index in [1.54, 1.807) is 24.5 Å². The molecule has 0 unspecified atom stereocenters. The molecule has 0 bridgehead atoms. The van der Waals surface area contributed by atoms with Gasteiger partial charge >= 0.3 is 0 Å². The van der Waals surface area contributed by atoms with Gasteiger partial charge in [-0.1, -0.05) is 6.07 Å². The molecule has 0 aliphatic heterocycles. The maximum atomic E-state index is 12.1. The normalized spacial score (nSPS) is 10.5. The molecule has 3 aromatic heterocycles. The minimum atomic E-state index is -0.118. The molecule has 0 aliphatic rings. The van der Waals surface area contributed by atoms with Crippen LogP contribution < -0.4 is 10.6 Å². The molecular weight excluding hydrogens is 352 g/mol. The van der Waals surface area contributed by atoms with Crippen LogP contribution in [0.4, 0.5) is 5.13 Å². The van der Waals surface area contributed by atoms with E-state index in [9.17, 15) is 9.59 Å². The molecule has 3 heterocycles. The Hall–Kier alpha value is -3.00. The van der Waals surface area contributed by atoms with Gasteiger partial charge in [-0.15, -0.1) is 11.3 Å². The van der Waals surface area contributed by atoms with Crippen LogP contribution in [0.5, 0.6) is 0 Å². The minimum absolute atomic E-state index is 0.0967. The summed E-state index contributed by atoms with van der Waals surface area (Å²) in [6.45, 7) is 1.78. The molecule has 134 valence electrons. The molecular formula is C18H18N4O3S. The van der Waals surface area contributed by atoms with Crippen LogP contribution in [0.2, 0.25) is 0 Å². The number of nitrogens with one attached hydrogen (secondary N) is 2. The summed E-state index contributed by atoms with van der Waals surface area (Å²) in [5.41, 5.74) is 1.66. The van der Waals surface area contributed by atoms with Crippen molar-refractivity contribution in [2.45, 2.75) is 26.3 Å². The van der Waals surface area contributed by atoms with Crippen LogP contribution in [-0.4, -0.2) is 21.8 Å². The summed E-state index contributed by atoms with van der Waals surface area (Å²) < 4.78 is 5.65. The molecule has 0 fully saturated rings. The maximum Gasteiger partial charge on any atom is 0.226 e. The van der Waals surface area contributed by atoms with Crippen molar-refractivity contribution in [3.05, 3.63) is 53.4 Å². The third-order valence-electron chi connectivity index (χ3n) is 3.54. The van der Waals surface area contributed by atoms with Gasteiger partial charge in [0.2, 0.25) is 11.8 Å². The van der Waals surface area contributed by atoms with Gasteiger partial charge in [0.1, 0.15) is 11.5 Å². The number of nitrogens with zero attached hydrogens (tertiary/aromatic N) is 2. The summed E-state index contributed by atoms with van der Waals surface area (Å²) in [5.74, 6) is 1.02. The van der Waals surface area contributed by atoms with Crippen LogP contribution in [-0.2, 0) is 22.6 Å². The van der Waals surface area contributed by atoms with Crippen molar-refractivity contribution in [1.82, 2.24) is 15.3 Å². The van der Waals surface area contributed by atoms with E-state index >= 15 is 0 Å². The number of amides is 2. The first-order chi connectivity index (χ1) is 12.6.